The molecule has 0 unspecified atom stereocenters. The van der Waals surface area contributed by atoms with Crippen LogP contribution in [0.4, 0.5) is 0 Å². The first-order valence-corrected chi connectivity index (χ1v) is 4.82. The molecule has 0 aromatic carbocycles. The van der Waals surface area contributed by atoms with Crippen LogP contribution in [-0.2, 0) is 6.42 Å². The first-order valence-electron chi connectivity index (χ1n) is 4.03. The summed E-state index contributed by atoms with van der Waals surface area (Å²) in [4.78, 5) is 14.7. The van der Waals surface area contributed by atoms with Crippen molar-refractivity contribution < 1.29 is 9.90 Å². The smallest absolute Gasteiger partial charge is 0.338 e. The molecule has 1 rings (SSSR count). The second kappa shape index (κ2) is 4.37. The van der Waals surface area contributed by atoms with E-state index in [0.717, 1.165) is 18.4 Å². The standard InChI is InChI=1S/C9H10BrNO2/c1-2-3-6-4-7(9(12)13)8(10)11-5-6/h4-5H,2-3H2,1H3,(H,12,13). The molecule has 0 spiro atoms. The highest BCUT2D eigenvalue weighted by atomic mass is 79.9. The number of hydrogen-bond acceptors (Lipinski definition) is 2. The van der Waals surface area contributed by atoms with E-state index >= 15 is 0 Å². The molecular weight excluding hydrogens is 234 g/mol. The molecule has 4 heteroatoms. The van der Waals surface area contributed by atoms with Crippen LogP contribution < -0.4 is 0 Å². The molecule has 3 nitrogen and oxygen atoms in total. The van der Waals surface area contributed by atoms with Crippen molar-refractivity contribution in [1.29, 1.82) is 0 Å². The maximum atomic E-state index is 10.7. The Labute approximate surface area is 84.9 Å². The van der Waals surface area contributed by atoms with Crippen LogP contribution in [-0.4, -0.2) is 16.1 Å². The average molecular weight is 244 g/mol. The zero-order chi connectivity index (χ0) is 9.84. The fourth-order valence-electron chi connectivity index (χ4n) is 1.07. The molecule has 0 aliphatic rings. The van der Waals surface area contributed by atoms with Crippen LogP contribution in [0.25, 0.3) is 0 Å². The lowest BCUT2D eigenvalue weighted by molar-refractivity contribution is 0.0695. The van der Waals surface area contributed by atoms with Gasteiger partial charge in [-0.15, -0.1) is 0 Å². The third kappa shape index (κ3) is 2.52. The summed E-state index contributed by atoms with van der Waals surface area (Å²) in [6, 6.07) is 1.66. The maximum absolute atomic E-state index is 10.7. The Bertz CT molecular complexity index is 325. The second-order valence-electron chi connectivity index (χ2n) is 2.74. The van der Waals surface area contributed by atoms with E-state index in [1.807, 2.05) is 6.92 Å². The summed E-state index contributed by atoms with van der Waals surface area (Å²) in [7, 11) is 0. The highest BCUT2D eigenvalue weighted by Crippen LogP contribution is 2.15. The molecule has 13 heavy (non-hydrogen) atoms. The van der Waals surface area contributed by atoms with Crippen LogP contribution in [0.2, 0.25) is 0 Å². The summed E-state index contributed by atoms with van der Waals surface area (Å²) >= 11 is 3.09. The molecule has 0 saturated carbocycles. The lowest BCUT2D eigenvalue weighted by atomic mass is 10.1. The topological polar surface area (TPSA) is 50.2 Å². The number of carboxylic acid groups (broad SMARTS) is 1. The Morgan fingerprint density at radius 2 is 2.38 bits per heavy atom. The van der Waals surface area contributed by atoms with Crippen molar-refractivity contribution in [3.05, 3.63) is 28.0 Å². The van der Waals surface area contributed by atoms with Crippen LogP contribution in [0.3, 0.4) is 0 Å². The van der Waals surface area contributed by atoms with Crippen molar-refractivity contribution in [2.75, 3.05) is 0 Å². The monoisotopic (exact) mass is 243 g/mol. The number of carbonyl (C=O) groups is 1. The SMILES string of the molecule is CCCc1cnc(Br)c(C(=O)O)c1. The fourth-order valence-corrected chi connectivity index (χ4v) is 1.45. The molecule has 0 bridgehead atoms. The number of carboxylic acids is 1. The molecule has 1 aromatic heterocycles. The first kappa shape index (κ1) is 10.2. The number of aryl methyl sites for hydroxylation is 1. The predicted molar refractivity (Wildman–Crippen MR) is 52.9 cm³/mol. The summed E-state index contributed by atoms with van der Waals surface area (Å²) in [6.07, 6.45) is 3.54. The number of nitrogens with zero attached hydrogens (tertiary/aromatic N) is 1. The first-order chi connectivity index (χ1) is 6.15. The van der Waals surface area contributed by atoms with Gasteiger partial charge in [-0.3, -0.25) is 0 Å². The predicted octanol–water partition coefficient (Wildman–Crippen LogP) is 2.49. The van der Waals surface area contributed by atoms with Crippen molar-refractivity contribution in [2.45, 2.75) is 19.8 Å². The summed E-state index contributed by atoms with van der Waals surface area (Å²) in [5.74, 6) is -0.947. The van der Waals surface area contributed by atoms with E-state index in [9.17, 15) is 4.79 Å². The van der Waals surface area contributed by atoms with E-state index in [1.54, 1.807) is 12.3 Å². The van der Waals surface area contributed by atoms with Crippen LogP contribution >= 0.6 is 15.9 Å². The Balaban J connectivity index is 3.04. The summed E-state index contributed by atoms with van der Waals surface area (Å²) in [5.41, 5.74) is 1.19. The van der Waals surface area contributed by atoms with E-state index < -0.39 is 5.97 Å². The van der Waals surface area contributed by atoms with Crippen molar-refractivity contribution in [3.63, 3.8) is 0 Å². The number of aromatic carboxylic acids is 1. The van der Waals surface area contributed by atoms with Crippen LogP contribution in [0.5, 0.6) is 0 Å². The molecule has 1 heterocycles. The summed E-state index contributed by atoms with van der Waals surface area (Å²) in [6.45, 7) is 2.04. The second-order valence-corrected chi connectivity index (χ2v) is 3.49. The van der Waals surface area contributed by atoms with Gasteiger partial charge in [-0.2, -0.15) is 0 Å². The lowest BCUT2D eigenvalue weighted by Crippen LogP contribution is -2.01. The van der Waals surface area contributed by atoms with Crippen LogP contribution in [0.1, 0.15) is 29.3 Å². The molecule has 70 valence electrons. The van der Waals surface area contributed by atoms with Gasteiger partial charge in [0.2, 0.25) is 0 Å². The van der Waals surface area contributed by atoms with Crippen molar-refractivity contribution in [2.24, 2.45) is 0 Å². The van der Waals surface area contributed by atoms with E-state index in [2.05, 4.69) is 20.9 Å². The Kier molecular flexibility index (Phi) is 3.42. The molecule has 1 aromatic rings. The number of halogens is 1. The van der Waals surface area contributed by atoms with E-state index in [1.165, 1.54) is 0 Å². The molecule has 0 aliphatic carbocycles. The van der Waals surface area contributed by atoms with Gasteiger partial charge in [0.25, 0.3) is 0 Å². The Morgan fingerprint density at radius 3 is 2.92 bits per heavy atom. The highest BCUT2D eigenvalue weighted by Gasteiger charge is 2.09. The van der Waals surface area contributed by atoms with Crippen molar-refractivity contribution in [1.82, 2.24) is 4.98 Å². The molecular formula is C9H10BrNO2. The minimum absolute atomic E-state index is 0.228. The molecule has 0 radical (unpaired) electrons. The Morgan fingerprint density at radius 1 is 1.69 bits per heavy atom. The normalized spacial score (nSPS) is 10.0. The number of rotatable bonds is 3. The van der Waals surface area contributed by atoms with Gasteiger partial charge in [0.1, 0.15) is 4.60 Å². The summed E-state index contributed by atoms with van der Waals surface area (Å²) in [5, 5.41) is 8.79. The fraction of sp³-hybridized carbons (Fsp3) is 0.333. The van der Waals surface area contributed by atoms with Gasteiger partial charge in [0.05, 0.1) is 5.56 Å². The zero-order valence-corrected chi connectivity index (χ0v) is 8.84. The minimum Gasteiger partial charge on any atom is -0.478 e. The molecule has 0 aliphatic heterocycles. The minimum atomic E-state index is -0.947. The number of pyridine rings is 1. The maximum Gasteiger partial charge on any atom is 0.338 e. The number of hydrogen-bond donors (Lipinski definition) is 1. The van der Waals surface area contributed by atoms with Gasteiger partial charge in [0.15, 0.2) is 0 Å². The molecule has 1 N–H and O–H groups in total. The largest absolute Gasteiger partial charge is 0.478 e. The van der Waals surface area contributed by atoms with E-state index in [-0.39, 0.29) is 5.56 Å². The van der Waals surface area contributed by atoms with Crippen LogP contribution in [0, 0.1) is 0 Å². The van der Waals surface area contributed by atoms with Gasteiger partial charge >= 0.3 is 5.97 Å². The van der Waals surface area contributed by atoms with Gasteiger partial charge < -0.3 is 5.11 Å². The van der Waals surface area contributed by atoms with Crippen molar-refractivity contribution in [3.8, 4) is 0 Å². The van der Waals surface area contributed by atoms with Crippen molar-refractivity contribution >= 4 is 21.9 Å². The molecule has 0 saturated heterocycles. The average Bonchev–Trinajstić information content (AvgIpc) is 2.08. The molecule has 0 fully saturated rings. The lowest BCUT2D eigenvalue weighted by Gasteiger charge is -2.01. The highest BCUT2D eigenvalue weighted by molar-refractivity contribution is 9.10. The van der Waals surface area contributed by atoms with Gasteiger partial charge in [-0.05, 0) is 34.0 Å². The summed E-state index contributed by atoms with van der Waals surface area (Å²) < 4.78 is 0.389. The molecule has 0 amide bonds. The Hall–Kier alpha value is -0.900. The quantitative estimate of drug-likeness (QED) is 0.831. The third-order valence-corrected chi connectivity index (χ3v) is 2.30. The van der Waals surface area contributed by atoms with Gasteiger partial charge in [-0.25, -0.2) is 9.78 Å². The zero-order valence-electron chi connectivity index (χ0n) is 7.25. The molecule has 0 atom stereocenters. The van der Waals surface area contributed by atoms with E-state index in [4.69, 9.17) is 5.11 Å². The van der Waals surface area contributed by atoms with Crippen LogP contribution in [0.15, 0.2) is 16.9 Å². The van der Waals surface area contributed by atoms with E-state index in [0.29, 0.717) is 4.60 Å². The third-order valence-electron chi connectivity index (χ3n) is 1.66. The van der Waals surface area contributed by atoms with Gasteiger partial charge in [0, 0.05) is 6.20 Å². The van der Waals surface area contributed by atoms with Gasteiger partial charge in [-0.1, -0.05) is 13.3 Å². The number of aromatic nitrogens is 1.